The molecule has 0 aromatic carbocycles. The normalized spacial score (nSPS) is 35.3. The van der Waals surface area contributed by atoms with E-state index in [1.807, 2.05) is 11.3 Å². The fraction of sp³-hybridized carbons (Fsp3) is 0.692. The highest BCUT2D eigenvalue weighted by Gasteiger charge is 2.55. The van der Waals surface area contributed by atoms with Gasteiger partial charge < -0.3 is 0 Å². The highest BCUT2D eigenvalue weighted by molar-refractivity contribution is 9.09. The Hall–Kier alpha value is 0.180. The van der Waals surface area contributed by atoms with Gasteiger partial charge >= 0.3 is 0 Å². The van der Waals surface area contributed by atoms with Crippen molar-refractivity contribution in [2.45, 2.75) is 37.9 Å². The molecule has 1 heterocycles. The number of halogens is 1. The first-order chi connectivity index (χ1) is 7.18. The van der Waals surface area contributed by atoms with E-state index >= 15 is 0 Å². The van der Waals surface area contributed by atoms with Gasteiger partial charge in [0.15, 0.2) is 0 Å². The Bertz CT molecular complexity index is 372. The van der Waals surface area contributed by atoms with Crippen LogP contribution in [0.4, 0.5) is 0 Å². The summed E-state index contributed by atoms with van der Waals surface area (Å²) < 4.78 is 0. The number of alkyl halides is 1. The fourth-order valence-corrected chi connectivity index (χ4v) is 5.83. The third kappa shape index (κ3) is 1.61. The highest BCUT2D eigenvalue weighted by atomic mass is 79.9. The van der Waals surface area contributed by atoms with E-state index in [-0.39, 0.29) is 0 Å². The lowest BCUT2D eigenvalue weighted by Crippen LogP contribution is -1.98. The summed E-state index contributed by atoms with van der Waals surface area (Å²) in [5.74, 6) is 3.05. The van der Waals surface area contributed by atoms with Crippen molar-refractivity contribution in [2.24, 2.45) is 17.8 Å². The molecular weight excluding hydrogens is 268 g/mol. The van der Waals surface area contributed by atoms with E-state index < -0.39 is 0 Å². The Balaban J connectivity index is 1.80. The molecule has 0 saturated heterocycles. The van der Waals surface area contributed by atoms with Crippen LogP contribution in [0.1, 0.15) is 39.4 Å². The summed E-state index contributed by atoms with van der Waals surface area (Å²) in [6.45, 7) is 4.48. The second-order valence-electron chi connectivity index (χ2n) is 5.11. The van der Waals surface area contributed by atoms with Gasteiger partial charge in [0.25, 0.3) is 0 Å². The van der Waals surface area contributed by atoms with Crippen LogP contribution in [-0.2, 0) is 0 Å². The number of thiophene rings is 1. The van der Waals surface area contributed by atoms with Crippen LogP contribution in [0.2, 0.25) is 0 Å². The topological polar surface area (TPSA) is 0 Å². The minimum atomic E-state index is 0.637. The molecule has 15 heavy (non-hydrogen) atoms. The van der Waals surface area contributed by atoms with Gasteiger partial charge in [-0.2, -0.15) is 0 Å². The van der Waals surface area contributed by atoms with E-state index in [2.05, 4.69) is 35.8 Å². The molecule has 0 bridgehead atoms. The molecule has 3 unspecified atom stereocenters. The third-order valence-corrected chi connectivity index (χ3v) is 6.27. The maximum atomic E-state index is 3.94. The smallest absolute Gasteiger partial charge is 0.0439 e. The maximum absolute atomic E-state index is 3.94. The van der Waals surface area contributed by atoms with Crippen LogP contribution in [0.15, 0.2) is 6.07 Å². The second kappa shape index (κ2) is 3.59. The van der Waals surface area contributed by atoms with Gasteiger partial charge in [0.1, 0.15) is 0 Å². The number of aryl methyl sites for hydroxylation is 2. The number of hydrogen-bond acceptors (Lipinski definition) is 1. The highest BCUT2D eigenvalue weighted by Crippen LogP contribution is 2.64. The zero-order chi connectivity index (χ0) is 10.6. The molecule has 3 atom stereocenters. The van der Waals surface area contributed by atoms with E-state index in [0.717, 1.165) is 17.8 Å². The second-order valence-corrected chi connectivity index (χ2v) is 7.55. The molecule has 2 aliphatic carbocycles. The molecule has 82 valence electrons. The predicted octanol–water partition coefficient (Wildman–Crippen LogP) is 4.85. The van der Waals surface area contributed by atoms with Gasteiger partial charge in [0.05, 0.1) is 0 Å². The zero-order valence-electron chi connectivity index (χ0n) is 9.29. The summed E-state index contributed by atoms with van der Waals surface area (Å²) in [6.07, 6.45) is 4.45. The van der Waals surface area contributed by atoms with Gasteiger partial charge in [-0.15, -0.1) is 11.3 Å². The van der Waals surface area contributed by atoms with Crippen LogP contribution in [-0.4, -0.2) is 0 Å². The number of fused-ring (bicyclic) bond motifs is 1. The average Bonchev–Trinajstić information content (AvgIpc) is 2.58. The van der Waals surface area contributed by atoms with Crippen LogP contribution in [0, 0.1) is 31.6 Å². The monoisotopic (exact) mass is 284 g/mol. The maximum Gasteiger partial charge on any atom is 0.0439 e. The molecule has 2 heteroatoms. The molecule has 0 amide bonds. The fourth-order valence-electron chi connectivity index (χ4n) is 3.44. The quantitative estimate of drug-likeness (QED) is 0.682. The molecule has 0 radical (unpaired) electrons. The molecule has 0 nitrogen and oxygen atoms in total. The summed E-state index contributed by atoms with van der Waals surface area (Å²) in [6, 6.07) is 2.38. The van der Waals surface area contributed by atoms with Crippen molar-refractivity contribution in [2.75, 3.05) is 0 Å². The van der Waals surface area contributed by atoms with E-state index in [1.54, 1.807) is 5.56 Å². The molecule has 1 aromatic heterocycles. The van der Waals surface area contributed by atoms with Crippen molar-refractivity contribution < 1.29 is 0 Å². The molecule has 2 saturated carbocycles. The summed E-state index contributed by atoms with van der Waals surface area (Å²) >= 11 is 5.88. The summed E-state index contributed by atoms with van der Waals surface area (Å²) in [4.78, 5) is 3.61. The van der Waals surface area contributed by atoms with Gasteiger partial charge in [0.2, 0.25) is 0 Å². The largest absolute Gasteiger partial charge is 0.146 e. The van der Waals surface area contributed by atoms with Crippen molar-refractivity contribution in [1.82, 2.24) is 0 Å². The first-order valence-corrected chi connectivity index (χ1v) is 7.62. The molecule has 0 N–H and O–H groups in total. The summed E-state index contributed by atoms with van der Waals surface area (Å²) in [7, 11) is 0. The first-order valence-electron chi connectivity index (χ1n) is 5.89. The minimum absolute atomic E-state index is 0.637. The van der Waals surface area contributed by atoms with Gasteiger partial charge in [-0.25, -0.2) is 0 Å². The Morgan fingerprint density at radius 2 is 2.00 bits per heavy atom. The van der Waals surface area contributed by atoms with Gasteiger partial charge in [-0.05, 0) is 56.1 Å². The van der Waals surface area contributed by atoms with E-state index in [9.17, 15) is 0 Å². The van der Waals surface area contributed by atoms with Gasteiger partial charge in [-0.1, -0.05) is 22.4 Å². The SMILES string of the molecule is Cc1cc(C(Br)C2C3CCCC32)c(C)s1. The van der Waals surface area contributed by atoms with Crippen molar-refractivity contribution in [1.29, 1.82) is 0 Å². The van der Waals surface area contributed by atoms with Gasteiger partial charge in [0, 0.05) is 14.6 Å². The molecule has 3 rings (SSSR count). The van der Waals surface area contributed by atoms with Crippen LogP contribution in [0.3, 0.4) is 0 Å². The van der Waals surface area contributed by atoms with Gasteiger partial charge in [-0.3, -0.25) is 0 Å². The standard InChI is InChI=1S/C13H17BrS/c1-7-6-11(8(2)15-7)13(14)12-9-4-3-5-10(9)12/h6,9-10,12-13H,3-5H2,1-2H3. The lowest BCUT2D eigenvalue weighted by molar-refractivity contribution is 0.583. The lowest BCUT2D eigenvalue weighted by Gasteiger charge is -2.11. The van der Waals surface area contributed by atoms with Crippen molar-refractivity contribution in [3.05, 3.63) is 21.4 Å². The zero-order valence-corrected chi connectivity index (χ0v) is 11.7. The summed E-state index contributed by atoms with van der Waals surface area (Å²) in [5, 5.41) is 0. The predicted molar refractivity (Wildman–Crippen MR) is 69.8 cm³/mol. The Morgan fingerprint density at radius 3 is 2.53 bits per heavy atom. The number of hydrogen-bond donors (Lipinski definition) is 0. The Morgan fingerprint density at radius 1 is 1.33 bits per heavy atom. The van der Waals surface area contributed by atoms with Crippen molar-refractivity contribution in [3.63, 3.8) is 0 Å². The summed E-state index contributed by atoms with van der Waals surface area (Å²) in [5.41, 5.74) is 1.57. The van der Waals surface area contributed by atoms with Crippen LogP contribution >= 0.6 is 27.3 Å². The average molecular weight is 285 g/mol. The van der Waals surface area contributed by atoms with E-state index in [1.165, 1.54) is 29.0 Å². The van der Waals surface area contributed by atoms with Crippen LogP contribution < -0.4 is 0 Å². The number of rotatable bonds is 2. The molecule has 0 spiro atoms. The first kappa shape index (κ1) is 10.3. The third-order valence-electron chi connectivity index (χ3n) is 4.19. The van der Waals surface area contributed by atoms with Crippen molar-refractivity contribution in [3.8, 4) is 0 Å². The molecule has 1 aromatic rings. The van der Waals surface area contributed by atoms with Crippen LogP contribution in [0.5, 0.6) is 0 Å². The van der Waals surface area contributed by atoms with Crippen LogP contribution in [0.25, 0.3) is 0 Å². The minimum Gasteiger partial charge on any atom is -0.146 e. The Labute approximate surface area is 104 Å². The Kier molecular flexibility index (Phi) is 2.48. The van der Waals surface area contributed by atoms with Crippen molar-refractivity contribution >= 4 is 27.3 Å². The molecule has 2 aliphatic rings. The lowest BCUT2D eigenvalue weighted by atomic mass is 10.0. The van der Waals surface area contributed by atoms with E-state index in [0.29, 0.717) is 4.83 Å². The van der Waals surface area contributed by atoms with E-state index in [4.69, 9.17) is 0 Å². The molecule has 2 fully saturated rings. The molecule has 0 aliphatic heterocycles. The molecular formula is C13H17BrS.